The van der Waals surface area contributed by atoms with Crippen LogP contribution in [0.4, 0.5) is 0 Å². The summed E-state index contributed by atoms with van der Waals surface area (Å²) in [5.41, 5.74) is 1.54. The van der Waals surface area contributed by atoms with E-state index in [9.17, 15) is 4.79 Å². The lowest BCUT2D eigenvalue weighted by Gasteiger charge is -2.17. The number of aryl methyl sites for hydroxylation is 1. The van der Waals surface area contributed by atoms with Crippen molar-refractivity contribution in [3.8, 4) is 17.2 Å². The predicted octanol–water partition coefficient (Wildman–Crippen LogP) is 5.09. The second kappa shape index (κ2) is 10.0. The zero-order chi connectivity index (χ0) is 20.6. The van der Waals surface area contributed by atoms with Gasteiger partial charge in [0.15, 0.2) is 5.75 Å². The molecule has 0 amide bonds. The third kappa shape index (κ3) is 4.91. The summed E-state index contributed by atoms with van der Waals surface area (Å²) in [6.45, 7) is 3.04. The zero-order valence-corrected chi connectivity index (χ0v) is 17.4. The standard InChI is InChI=1S/C24H29NO4/c1-4-5-6-10-15-28-22-20-14-13-19(27-3)16-21(20)25(2)24(26)23(22)29-17-18-11-8-7-9-12-18/h7-9,11-14,16H,4-6,10,15,17H2,1-3H3. The second-order valence-corrected chi connectivity index (χ2v) is 7.09. The second-order valence-electron chi connectivity index (χ2n) is 7.09. The minimum absolute atomic E-state index is 0.217. The normalized spacial score (nSPS) is 10.9. The van der Waals surface area contributed by atoms with Gasteiger partial charge in [-0.1, -0.05) is 56.5 Å². The average molecular weight is 395 g/mol. The van der Waals surface area contributed by atoms with E-state index in [1.54, 1.807) is 18.7 Å². The van der Waals surface area contributed by atoms with E-state index in [1.807, 2.05) is 48.5 Å². The molecule has 0 saturated heterocycles. The zero-order valence-electron chi connectivity index (χ0n) is 17.4. The molecular weight excluding hydrogens is 366 g/mol. The Morgan fingerprint density at radius 1 is 0.931 bits per heavy atom. The molecule has 0 fully saturated rings. The van der Waals surface area contributed by atoms with Crippen LogP contribution in [0.1, 0.15) is 38.2 Å². The molecule has 5 nitrogen and oxygen atoms in total. The number of pyridine rings is 1. The Morgan fingerprint density at radius 3 is 2.45 bits per heavy atom. The Bertz CT molecular complexity index is 995. The molecule has 3 rings (SSSR count). The van der Waals surface area contributed by atoms with Crippen molar-refractivity contribution in [2.75, 3.05) is 13.7 Å². The highest BCUT2D eigenvalue weighted by Gasteiger charge is 2.19. The van der Waals surface area contributed by atoms with E-state index < -0.39 is 0 Å². The van der Waals surface area contributed by atoms with Gasteiger partial charge in [0.25, 0.3) is 5.56 Å². The number of ether oxygens (including phenoxy) is 3. The highest BCUT2D eigenvalue weighted by Crippen LogP contribution is 2.35. The van der Waals surface area contributed by atoms with Crippen molar-refractivity contribution in [3.63, 3.8) is 0 Å². The van der Waals surface area contributed by atoms with E-state index in [4.69, 9.17) is 14.2 Å². The highest BCUT2D eigenvalue weighted by atomic mass is 16.5. The quantitative estimate of drug-likeness (QED) is 0.449. The monoisotopic (exact) mass is 395 g/mol. The lowest BCUT2D eigenvalue weighted by Crippen LogP contribution is -2.21. The molecule has 1 aromatic heterocycles. The van der Waals surface area contributed by atoms with Crippen molar-refractivity contribution in [1.29, 1.82) is 0 Å². The molecule has 0 aliphatic heterocycles. The minimum Gasteiger partial charge on any atom is -0.497 e. The number of benzene rings is 2. The number of methoxy groups -OCH3 is 1. The first kappa shape index (κ1) is 20.8. The van der Waals surface area contributed by atoms with Crippen LogP contribution in [-0.4, -0.2) is 18.3 Å². The van der Waals surface area contributed by atoms with E-state index in [-0.39, 0.29) is 11.3 Å². The fraction of sp³-hybridized carbons (Fsp3) is 0.375. The number of aromatic nitrogens is 1. The molecule has 0 saturated carbocycles. The largest absolute Gasteiger partial charge is 0.497 e. The molecule has 2 aromatic carbocycles. The number of unbranched alkanes of at least 4 members (excludes halogenated alkanes) is 3. The Kier molecular flexibility index (Phi) is 7.17. The van der Waals surface area contributed by atoms with Crippen molar-refractivity contribution in [1.82, 2.24) is 4.57 Å². The molecule has 0 unspecified atom stereocenters. The first-order chi connectivity index (χ1) is 14.2. The summed E-state index contributed by atoms with van der Waals surface area (Å²) in [4.78, 5) is 13.1. The summed E-state index contributed by atoms with van der Waals surface area (Å²) in [5, 5.41) is 0.839. The Balaban J connectivity index is 1.98. The fourth-order valence-corrected chi connectivity index (χ4v) is 3.29. The predicted molar refractivity (Wildman–Crippen MR) is 116 cm³/mol. The lowest BCUT2D eigenvalue weighted by molar-refractivity contribution is 0.255. The summed E-state index contributed by atoms with van der Waals surface area (Å²) in [5.74, 6) is 1.46. The molecule has 0 aliphatic carbocycles. The molecule has 0 radical (unpaired) electrons. The van der Waals surface area contributed by atoms with Crippen LogP contribution in [0, 0.1) is 0 Å². The van der Waals surface area contributed by atoms with Gasteiger partial charge in [-0.3, -0.25) is 4.79 Å². The number of nitrogens with zero attached hydrogens (tertiary/aromatic N) is 1. The van der Waals surface area contributed by atoms with Gasteiger partial charge in [0.05, 0.1) is 19.2 Å². The van der Waals surface area contributed by atoms with Crippen molar-refractivity contribution < 1.29 is 14.2 Å². The molecule has 0 bridgehead atoms. The molecule has 0 aliphatic rings. The van der Waals surface area contributed by atoms with Crippen molar-refractivity contribution in [3.05, 3.63) is 64.4 Å². The van der Waals surface area contributed by atoms with Crippen LogP contribution in [0.3, 0.4) is 0 Å². The number of hydrogen-bond donors (Lipinski definition) is 0. The van der Waals surface area contributed by atoms with Gasteiger partial charge in [0.2, 0.25) is 5.75 Å². The topological polar surface area (TPSA) is 49.7 Å². The summed E-state index contributed by atoms with van der Waals surface area (Å²) in [6, 6.07) is 15.5. The van der Waals surface area contributed by atoms with Crippen LogP contribution in [0.25, 0.3) is 10.9 Å². The van der Waals surface area contributed by atoms with Gasteiger partial charge in [0.1, 0.15) is 12.4 Å². The van der Waals surface area contributed by atoms with Crippen LogP contribution in [-0.2, 0) is 13.7 Å². The Hall–Kier alpha value is -2.95. The molecule has 0 spiro atoms. The fourth-order valence-electron chi connectivity index (χ4n) is 3.29. The molecule has 1 heterocycles. The minimum atomic E-state index is -0.217. The molecule has 154 valence electrons. The van der Waals surface area contributed by atoms with Crippen LogP contribution < -0.4 is 19.8 Å². The van der Waals surface area contributed by atoms with Crippen LogP contribution in [0.15, 0.2) is 53.3 Å². The number of hydrogen-bond acceptors (Lipinski definition) is 4. The molecule has 0 N–H and O–H groups in total. The van der Waals surface area contributed by atoms with Gasteiger partial charge in [-0.15, -0.1) is 0 Å². The first-order valence-electron chi connectivity index (χ1n) is 10.2. The van der Waals surface area contributed by atoms with E-state index in [0.29, 0.717) is 24.7 Å². The number of rotatable bonds is 10. The van der Waals surface area contributed by atoms with Crippen LogP contribution >= 0.6 is 0 Å². The lowest BCUT2D eigenvalue weighted by atomic mass is 10.1. The van der Waals surface area contributed by atoms with E-state index in [2.05, 4.69) is 6.92 Å². The van der Waals surface area contributed by atoms with Gasteiger partial charge >= 0.3 is 0 Å². The Morgan fingerprint density at radius 2 is 1.72 bits per heavy atom. The van der Waals surface area contributed by atoms with Crippen molar-refractivity contribution in [2.45, 2.75) is 39.2 Å². The van der Waals surface area contributed by atoms with Gasteiger partial charge in [-0.25, -0.2) is 0 Å². The smallest absolute Gasteiger partial charge is 0.297 e. The van der Waals surface area contributed by atoms with Crippen LogP contribution in [0.2, 0.25) is 0 Å². The van der Waals surface area contributed by atoms with E-state index in [1.165, 1.54) is 12.8 Å². The maximum Gasteiger partial charge on any atom is 0.297 e. The Labute approximate surface area is 171 Å². The first-order valence-corrected chi connectivity index (χ1v) is 10.2. The maximum atomic E-state index is 13.1. The summed E-state index contributed by atoms with van der Waals surface area (Å²) < 4.78 is 19.0. The summed E-state index contributed by atoms with van der Waals surface area (Å²) >= 11 is 0. The molecular formula is C24H29NO4. The van der Waals surface area contributed by atoms with Gasteiger partial charge in [0, 0.05) is 18.5 Å². The van der Waals surface area contributed by atoms with Crippen molar-refractivity contribution >= 4 is 10.9 Å². The van der Waals surface area contributed by atoms with Gasteiger partial charge in [-0.05, 0) is 24.1 Å². The molecule has 0 atom stereocenters. The number of fused-ring (bicyclic) bond motifs is 1. The summed E-state index contributed by atoms with van der Waals surface area (Å²) in [6.07, 6.45) is 4.39. The molecule has 3 aromatic rings. The summed E-state index contributed by atoms with van der Waals surface area (Å²) in [7, 11) is 3.35. The maximum absolute atomic E-state index is 13.1. The van der Waals surface area contributed by atoms with Crippen LogP contribution in [0.5, 0.6) is 17.2 Å². The average Bonchev–Trinajstić information content (AvgIpc) is 2.76. The third-order valence-corrected chi connectivity index (χ3v) is 4.99. The van der Waals surface area contributed by atoms with Gasteiger partial charge < -0.3 is 18.8 Å². The van der Waals surface area contributed by atoms with E-state index >= 15 is 0 Å². The highest BCUT2D eigenvalue weighted by molar-refractivity contribution is 5.89. The SMILES string of the molecule is CCCCCCOc1c(OCc2ccccc2)c(=O)n(C)c2cc(OC)ccc12. The third-order valence-electron chi connectivity index (χ3n) is 4.99. The van der Waals surface area contributed by atoms with Crippen molar-refractivity contribution in [2.24, 2.45) is 7.05 Å². The van der Waals surface area contributed by atoms with Gasteiger partial charge in [-0.2, -0.15) is 0 Å². The molecule has 29 heavy (non-hydrogen) atoms. The molecule has 5 heteroatoms. The van der Waals surface area contributed by atoms with E-state index in [0.717, 1.165) is 29.3 Å².